The minimum absolute atomic E-state index is 0.542. The van der Waals surface area contributed by atoms with E-state index in [0.717, 1.165) is 10.5 Å². The van der Waals surface area contributed by atoms with Crippen molar-refractivity contribution in [3.63, 3.8) is 0 Å². The normalized spacial score (nSPS) is 11.2. The Morgan fingerprint density at radius 2 is 2.25 bits per heavy atom. The third-order valence-electron chi connectivity index (χ3n) is 0.109. The van der Waals surface area contributed by atoms with Crippen molar-refractivity contribution in [2.45, 2.75) is 0 Å². The average Bonchev–Trinajstić information content (AvgIpc) is 1.37. The van der Waals surface area contributed by atoms with Crippen LogP contribution in [-0.4, -0.2) is 19.6 Å². The molecule has 0 radical (unpaired) electrons. The van der Waals surface area contributed by atoms with Gasteiger partial charge >= 0.3 is 0 Å². The molecule has 0 aromatic heterocycles. The summed E-state index contributed by atoms with van der Waals surface area (Å²) < 4.78 is 4.58. The second kappa shape index (κ2) is 3.68. The lowest BCUT2D eigenvalue weighted by Crippen LogP contribution is -1.78. The second-order valence-corrected chi connectivity index (χ2v) is 3.58. The van der Waals surface area contributed by atoms with Crippen molar-refractivity contribution in [2.24, 2.45) is 0 Å². The molecule has 0 fully saturated rings. The number of hydrogen-bond donors (Lipinski definition) is 0. The van der Waals surface area contributed by atoms with Gasteiger partial charge in [0, 0.05) is 0 Å². The minimum atomic E-state index is -0.542. The molecule has 0 aliphatic carbocycles. The van der Waals surface area contributed by atoms with E-state index in [9.17, 15) is 0 Å². The molecule has 0 aliphatic rings. The lowest BCUT2D eigenvalue weighted by Gasteiger charge is -1.73. The maximum Gasteiger partial charge on any atom is 0.247 e. The van der Waals surface area contributed by atoms with E-state index in [2.05, 4.69) is 4.12 Å². The van der Waals surface area contributed by atoms with Crippen molar-refractivity contribution < 1.29 is 4.12 Å². The molecule has 0 N–H and O–H groups in total. The van der Waals surface area contributed by atoms with Crippen LogP contribution in [0.5, 0.6) is 0 Å². The summed E-state index contributed by atoms with van der Waals surface area (Å²) >= 11 is 5.14. The van der Waals surface area contributed by atoms with E-state index in [1.807, 2.05) is 0 Å². The first-order valence-electron chi connectivity index (χ1n) is 0.964. The highest BCUT2D eigenvalue weighted by atomic mass is 35.6. The van der Waals surface area contributed by atoms with Crippen LogP contribution < -0.4 is 0 Å². The van der Waals surface area contributed by atoms with Gasteiger partial charge < -0.3 is 4.12 Å². The zero-order chi connectivity index (χ0) is 3.41. The molecule has 0 atom stereocenters. The molecule has 0 bridgehead atoms. The summed E-state index contributed by atoms with van der Waals surface area (Å²) in [5.41, 5.74) is 0. The summed E-state index contributed by atoms with van der Waals surface area (Å²) in [7, 11) is 0.278. The summed E-state index contributed by atoms with van der Waals surface area (Å²) in [6, 6.07) is 0. The highest BCUT2D eigenvalue weighted by Gasteiger charge is 1.58. The highest BCUT2D eigenvalue weighted by molar-refractivity contribution is 6.91. The summed E-state index contributed by atoms with van der Waals surface area (Å²) in [6.07, 6.45) is 0. The molecule has 1 nitrogen and oxygen atoms in total. The molecule has 0 unspecified atom stereocenters. The maximum absolute atomic E-state index is 5.14. The van der Waals surface area contributed by atoms with Crippen molar-refractivity contribution in [2.75, 3.05) is 0 Å². The summed E-state index contributed by atoms with van der Waals surface area (Å²) in [5, 5.41) is 0. The average molecular weight is 113 g/mol. The van der Waals surface area contributed by atoms with Crippen LogP contribution in [0.15, 0.2) is 0 Å². The minimum Gasteiger partial charge on any atom is -0.457 e. The van der Waals surface area contributed by atoms with Crippen LogP contribution in [0.4, 0.5) is 0 Å². The van der Waals surface area contributed by atoms with E-state index in [0.29, 0.717) is 0 Å². The van der Waals surface area contributed by atoms with Gasteiger partial charge in [0.15, 0.2) is 0 Å². The first-order chi connectivity index (χ1) is 1.91. The Bertz CT molecular complexity index is 8.00. The number of halogens is 1. The van der Waals surface area contributed by atoms with Gasteiger partial charge in [0.25, 0.3) is 0 Å². The fourth-order valence-electron chi connectivity index (χ4n) is 0. The van der Waals surface area contributed by atoms with Gasteiger partial charge in [-0.25, -0.2) is 0 Å². The molecule has 4 heavy (non-hydrogen) atoms. The molecule has 0 heterocycles. The molecule has 0 spiro atoms. The van der Waals surface area contributed by atoms with Gasteiger partial charge in [-0.3, -0.25) is 0 Å². The molecular weight excluding hydrogens is 108 g/mol. The fourth-order valence-corrected chi connectivity index (χ4v) is 0. The zero-order valence-electron chi connectivity index (χ0n) is 2.49. The van der Waals surface area contributed by atoms with Gasteiger partial charge in [0.1, 0.15) is 10.5 Å². The number of rotatable bonds is 1. The number of hydrogen-bond acceptors (Lipinski definition) is 1. The molecule has 0 rings (SSSR count). The highest BCUT2D eigenvalue weighted by Crippen LogP contribution is 1.59. The largest absolute Gasteiger partial charge is 0.457 e. The van der Waals surface area contributed by atoms with Crippen LogP contribution in [0, 0.1) is 0 Å². The molecule has 0 saturated carbocycles. The van der Waals surface area contributed by atoms with Crippen LogP contribution in [0.1, 0.15) is 0 Å². The molecular formula is H5ClOSi2. The first kappa shape index (κ1) is 4.68. The molecule has 0 aliphatic heterocycles. The van der Waals surface area contributed by atoms with E-state index >= 15 is 0 Å². The van der Waals surface area contributed by atoms with Crippen molar-refractivity contribution in [3.8, 4) is 0 Å². The Morgan fingerprint density at radius 1 is 2.00 bits per heavy atom. The molecule has 0 amide bonds. The van der Waals surface area contributed by atoms with Crippen LogP contribution in [-0.2, 0) is 4.12 Å². The quantitative estimate of drug-likeness (QED) is 0.297. The van der Waals surface area contributed by atoms with E-state index in [4.69, 9.17) is 11.1 Å². The van der Waals surface area contributed by atoms with E-state index in [1.165, 1.54) is 0 Å². The molecule has 4 heteroatoms. The predicted molar refractivity (Wildman–Crippen MR) is 25.4 cm³/mol. The smallest absolute Gasteiger partial charge is 0.247 e. The topological polar surface area (TPSA) is 9.23 Å². The monoisotopic (exact) mass is 112 g/mol. The molecule has 26 valence electrons. The van der Waals surface area contributed by atoms with E-state index in [1.54, 1.807) is 0 Å². The standard InChI is InChI=1S/ClH5OSi2/c1-4-2-3/h4H2,3H3. The predicted octanol–water partition coefficient (Wildman–Crippen LogP) is -1.48. The van der Waals surface area contributed by atoms with Gasteiger partial charge in [-0.15, -0.1) is 11.1 Å². The third-order valence-corrected chi connectivity index (χ3v) is 2.95. The van der Waals surface area contributed by atoms with E-state index < -0.39 is 9.07 Å². The van der Waals surface area contributed by atoms with Crippen molar-refractivity contribution in [3.05, 3.63) is 0 Å². The lowest BCUT2D eigenvalue weighted by molar-refractivity contribution is 0.683. The van der Waals surface area contributed by atoms with Crippen LogP contribution in [0.2, 0.25) is 0 Å². The Labute approximate surface area is 35.5 Å². The van der Waals surface area contributed by atoms with Crippen molar-refractivity contribution in [1.82, 2.24) is 0 Å². The zero-order valence-corrected chi connectivity index (χ0v) is 6.66. The Kier molecular flexibility index (Phi) is 4.31. The molecule has 0 aromatic rings. The summed E-state index contributed by atoms with van der Waals surface area (Å²) in [5.74, 6) is 0. The Morgan fingerprint density at radius 3 is 2.25 bits per heavy atom. The van der Waals surface area contributed by atoms with Crippen LogP contribution in [0.25, 0.3) is 0 Å². The Hall–Kier alpha value is 0.684. The maximum atomic E-state index is 5.14. The molecule has 0 saturated heterocycles. The van der Waals surface area contributed by atoms with Crippen LogP contribution >= 0.6 is 11.1 Å². The molecule has 0 aromatic carbocycles. The van der Waals surface area contributed by atoms with E-state index in [-0.39, 0.29) is 0 Å². The summed E-state index contributed by atoms with van der Waals surface area (Å²) in [4.78, 5) is 0. The first-order valence-corrected chi connectivity index (χ1v) is 4.50. The van der Waals surface area contributed by atoms with Crippen LogP contribution in [0.3, 0.4) is 0 Å². The van der Waals surface area contributed by atoms with Crippen molar-refractivity contribution in [1.29, 1.82) is 0 Å². The van der Waals surface area contributed by atoms with Gasteiger partial charge in [0.2, 0.25) is 9.07 Å². The third kappa shape index (κ3) is 2.68. The second-order valence-electron chi connectivity index (χ2n) is 0.398. The van der Waals surface area contributed by atoms with Gasteiger partial charge in [-0.05, 0) is 0 Å². The van der Waals surface area contributed by atoms with Gasteiger partial charge in [-0.1, -0.05) is 0 Å². The summed E-state index contributed by atoms with van der Waals surface area (Å²) in [6.45, 7) is 0. The van der Waals surface area contributed by atoms with Gasteiger partial charge in [-0.2, -0.15) is 0 Å². The Balaban J connectivity index is 1.97. The van der Waals surface area contributed by atoms with Gasteiger partial charge in [0.05, 0.1) is 0 Å². The van der Waals surface area contributed by atoms with Crippen molar-refractivity contribution >= 4 is 30.6 Å². The lowest BCUT2D eigenvalue weighted by atomic mass is 15.8. The fraction of sp³-hybridized carbons (Fsp3) is 0. The SMILES string of the molecule is [SiH3]O[SiH2]Cl.